The Kier molecular flexibility index (Phi) is 3.92. The van der Waals surface area contributed by atoms with Gasteiger partial charge in [-0.2, -0.15) is 0 Å². The maximum atomic E-state index is 12.5. The summed E-state index contributed by atoms with van der Waals surface area (Å²) < 4.78 is 1.40. The van der Waals surface area contributed by atoms with E-state index in [1.807, 2.05) is 48.5 Å². The average molecular weight is 332 g/mol. The first kappa shape index (κ1) is 14.7. The molecule has 0 fully saturated rings. The van der Waals surface area contributed by atoms with Crippen LogP contribution < -0.4 is 5.56 Å². The molecular weight excluding hydrogens is 321 g/mol. The van der Waals surface area contributed by atoms with Crippen LogP contribution in [0.3, 0.4) is 0 Å². The summed E-state index contributed by atoms with van der Waals surface area (Å²) in [6.45, 7) is 0. The Bertz CT molecular complexity index is 875. The first-order chi connectivity index (χ1) is 10.6. The molecule has 0 spiro atoms. The fourth-order valence-electron chi connectivity index (χ4n) is 2.28. The van der Waals surface area contributed by atoms with E-state index >= 15 is 0 Å². The summed E-state index contributed by atoms with van der Waals surface area (Å²) in [5.41, 5.74) is 1.21. The molecule has 3 nitrogen and oxygen atoms in total. The molecule has 0 aliphatic heterocycles. The molecule has 0 atom stereocenters. The Hall–Kier alpha value is -2.23. The maximum absolute atomic E-state index is 12.5. The average Bonchev–Trinajstić information content (AvgIpc) is 2.57. The number of aromatic nitrogens is 1. The van der Waals surface area contributed by atoms with Gasteiger partial charge in [-0.25, -0.2) is 0 Å². The van der Waals surface area contributed by atoms with Gasteiger partial charge < -0.3 is 5.11 Å². The number of pyridine rings is 1. The Morgan fingerprint density at radius 1 is 0.818 bits per heavy atom. The van der Waals surface area contributed by atoms with E-state index in [0.29, 0.717) is 16.9 Å². The lowest BCUT2D eigenvalue weighted by Crippen LogP contribution is -2.21. The van der Waals surface area contributed by atoms with E-state index in [1.165, 1.54) is 4.57 Å². The first-order valence-electron chi connectivity index (χ1n) is 6.55. The zero-order valence-corrected chi connectivity index (χ0v) is 12.8. The number of hydrogen-bond donors (Lipinski definition) is 1. The van der Waals surface area contributed by atoms with Gasteiger partial charge in [0.15, 0.2) is 5.75 Å². The predicted molar refractivity (Wildman–Crippen MR) is 89.2 cm³/mol. The molecule has 0 bridgehead atoms. The topological polar surface area (TPSA) is 42.2 Å². The van der Waals surface area contributed by atoms with Crippen molar-refractivity contribution in [3.63, 3.8) is 0 Å². The molecule has 0 aliphatic rings. The second-order valence-corrected chi connectivity index (χ2v) is 5.42. The van der Waals surface area contributed by atoms with Gasteiger partial charge in [0, 0.05) is 11.3 Å². The molecule has 5 heteroatoms. The molecule has 110 valence electrons. The number of rotatable bonds is 2. The summed E-state index contributed by atoms with van der Waals surface area (Å²) in [5.74, 6) is -0.403. The normalized spacial score (nSPS) is 10.6. The quantitative estimate of drug-likeness (QED) is 0.750. The van der Waals surface area contributed by atoms with Gasteiger partial charge in [0.2, 0.25) is 0 Å². The molecule has 3 rings (SSSR count). The lowest BCUT2D eigenvalue weighted by molar-refractivity contribution is 0.474. The highest BCUT2D eigenvalue weighted by atomic mass is 35.5. The van der Waals surface area contributed by atoms with E-state index < -0.39 is 11.3 Å². The van der Waals surface area contributed by atoms with Gasteiger partial charge in [0.25, 0.3) is 5.56 Å². The van der Waals surface area contributed by atoms with Gasteiger partial charge in [0.1, 0.15) is 10.0 Å². The number of halogens is 2. The molecule has 0 amide bonds. The molecule has 3 aromatic rings. The maximum Gasteiger partial charge on any atom is 0.278 e. The minimum absolute atomic E-state index is 0.0413. The van der Waals surface area contributed by atoms with Crippen LogP contribution in [-0.4, -0.2) is 9.67 Å². The Labute approximate surface area is 137 Å². The molecule has 2 aromatic carbocycles. The standard InChI is InChI=1S/C17H11Cl2NO2/c18-13-15(11-7-3-1-4-8-11)20(12-9-5-2-6-10-12)17(22)14(19)16(13)21/h1-10,21H. The lowest BCUT2D eigenvalue weighted by Gasteiger charge is -2.16. The van der Waals surface area contributed by atoms with Crippen molar-refractivity contribution in [2.45, 2.75) is 0 Å². The summed E-state index contributed by atoms with van der Waals surface area (Å²) in [4.78, 5) is 12.5. The predicted octanol–water partition coefficient (Wildman–Crippen LogP) is 4.52. The van der Waals surface area contributed by atoms with E-state index in [2.05, 4.69) is 0 Å². The molecule has 0 aliphatic carbocycles. The third kappa shape index (κ3) is 2.39. The third-order valence-electron chi connectivity index (χ3n) is 3.30. The minimum Gasteiger partial charge on any atom is -0.505 e. The molecule has 0 unspecified atom stereocenters. The van der Waals surface area contributed by atoms with Gasteiger partial charge in [-0.1, -0.05) is 71.7 Å². The zero-order valence-electron chi connectivity index (χ0n) is 11.3. The zero-order chi connectivity index (χ0) is 15.7. The smallest absolute Gasteiger partial charge is 0.278 e. The summed E-state index contributed by atoms with van der Waals surface area (Å²) >= 11 is 12.2. The van der Waals surface area contributed by atoms with Gasteiger partial charge in [-0.3, -0.25) is 9.36 Å². The van der Waals surface area contributed by atoms with Crippen molar-refractivity contribution in [1.29, 1.82) is 0 Å². The monoisotopic (exact) mass is 331 g/mol. The van der Waals surface area contributed by atoms with Gasteiger partial charge in [-0.15, -0.1) is 0 Å². The van der Waals surface area contributed by atoms with Crippen LogP contribution in [0.4, 0.5) is 0 Å². The lowest BCUT2D eigenvalue weighted by atomic mass is 10.1. The Balaban J connectivity index is 2.45. The van der Waals surface area contributed by atoms with Crippen molar-refractivity contribution in [3.05, 3.63) is 81.1 Å². The van der Waals surface area contributed by atoms with Crippen molar-refractivity contribution in [2.75, 3.05) is 0 Å². The number of nitrogens with zero attached hydrogens (tertiary/aromatic N) is 1. The highest BCUT2D eigenvalue weighted by Crippen LogP contribution is 2.38. The molecule has 0 radical (unpaired) electrons. The van der Waals surface area contributed by atoms with Crippen LogP contribution in [0.2, 0.25) is 10.0 Å². The van der Waals surface area contributed by atoms with Gasteiger partial charge >= 0.3 is 0 Å². The second kappa shape index (κ2) is 5.87. The van der Waals surface area contributed by atoms with Crippen molar-refractivity contribution >= 4 is 23.2 Å². The van der Waals surface area contributed by atoms with Crippen LogP contribution >= 0.6 is 23.2 Å². The van der Waals surface area contributed by atoms with Crippen LogP contribution in [-0.2, 0) is 0 Å². The van der Waals surface area contributed by atoms with E-state index in [0.717, 1.165) is 0 Å². The number of aromatic hydroxyl groups is 1. The van der Waals surface area contributed by atoms with E-state index in [1.54, 1.807) is 12.1 Å². The summed E-state index contributed by atoms with van der Waals surface area (Å²) in [7, 11) is 0. The van der Waals surface area contributed by atoms with Crippen LogP contribution in [0.1, 0.15) is 0 Å². The van der Waals surface area contributed by atoms with Gasteiger partial charge in [-0.05, 0) is 12.1 Å². The Morgan fingerprint density at radius 2 is 1.36 bits per heavy atom. The summed E-state index contributed by atoms with van der Waals surface area (Å²) in [5, 5.41) is 9.77. The highest BCUT2D eigenvalue weighted by Gasteiger charge is 2.21. The van der Waals surface area contributed by atoms with E-state index in [-0.39, 0.29) is 10.0 Å². The number of para-hydroxylation sites is 1. The second-order valence-electron chi connectivity index (χ2n) is 4.67. The largest absolute Gasteiger partial charge is 0.505 e. The summed E-state index contributed by atoms with van der Waals surface area (Å²) in [6.07, 6.45) is 0. The van der Waals surface area contributed by atoms with E-state index in [4.69, 9.17) is 23.2 Å². The van der Waals surface area contributed by atoms with Crippen molar-refractivity contribution in [3.8, 4) is 22.7 Å². The van der Waals surface area contributed by atoms with Crippen LogP contribution in [0.5, 0.6) is 5.75 Å². The van der Waals surface area contributed by atoms with Crippen LogP contribution in [0.25, 0.3) is 16.9 Å². The fraction of sp³-hybridized carbons (Fsp3) is 0. The SMILES string of the molecule is O=c1c(Cl)c(O)c(Cl)c(-c2ccccc2)n1-c1ccccc1. The molecule has 1 heterocycles. The number of hydrogen-bond acceptors (Lipinski definition) is 2. The van der Waals surface area contributed by atoms with Crippen molar-refractivity contribution in [2.24, 2.45) is 0 Å². The molecule has 0 saturated heterocycles. The Morgan fingerprint density at radius 3 is 1.95 bits per heavy atom. The summed E-state index contributed by atoms with van der Waals surface area (Å²) in [6, 6.07) is 18.2. The van der Waals surface area contributed by atoms with E-state index in [9.17, 15) is 9.90 Å². The fourth-order valence-corrected chi connectivity index (χ4v) is 2.80. The van der Waals surface area contributed by atoms with Crippen molar-refractivity contribution < 1.29 is 5.11 Å². The highest BCUT2D eigenvalue weighted by molar-refractivity contribution is 6.38. The third-order valence-corrected chi connectivity index (χ3v) is 4.00. The molecular formula is C17H11Cl2NO2. The van der Waals surface area contributed by atoms with Crippen LogP contribution in [0.15, 0.2) is 65.5 Å². The number of benzene rings is 2. The minimum atomic E-state index is -0.520. The molecule has 1 N–H and O–H groups in total. The first-order valence-corrected chi connectivity index (χ1v) is 7.30. The van der Waals surface area contributed by atoms with Crippen molar-refractivity contribution in [1.82, 2.24) is 4.57 Å². The molecule has 22 heavy (non-hydrogen) atoms. The van der Waals surface area contributed by atoms with Crippen LogP contribution in [0, 0.1) is 0 Å². The molecule has 0 saturated carbocycles. The molecule has 1 aromatic heterocycles. The van der Waals surface area contributed by atoms with Gasteiger partial charge in [0.05, 0.1) is 5.69 Å².